The van der Waals surface area contributed by atoms with Gasteiger partial charge in [-0.2, -0.15) is 0 Å². The first-order chi connectivity index (χ1) is 17.7. The van der Waals surface area contributed by atoms with Gasteiger partial charge in [0.05, 0.1) is 29.1 Å². The van der Waals surface area contributed by atoms with Gasteiger partial charge in [-0.25, -0.2) is 13.1 Å². The van der Waals surface area contributed by atoms with Gasteiger partial charge in [0.25, 0.3) is 0 Å². The third-order valence-corrected chi connectivity index (χ3v) is 9.98. The van der Waals surface area contributed by atoms with Crippen LogP contribution >= 0.6 is 0 Å². The molecule has 0 saturated carbocycles. The molecule has 0 radical (unpaired) electrons. The van der Waals surface area contributed by atoms with Gasteiger partial charge in [-0.05, 0) is 71.0 Å². The van der Waals surface area contributed by atoms with E-state index < -0.39 is 15.3 Å². The van der Waals surface area contributed by atoms with E-state index in [1.807, 2.05) is 12.3 Å². The lowest BCUT2D eigenvalue weighted by atomic mass is 9.90. The molecule has 1 fully saturated rings. The van der Waals surface area contributed by atoms with Crippen LogP contribution in [0.3, 0.4) is 0 Å². The second kappa shape index (κ2) is 10.8. The standard InChI is InChI=1S/C27H41N7O2S/c1-20(2)37(35,36)29-18-24-22(19-32(4)23-10-5-8-21-9-7-13-28-27(21)23)30-25-11-6-12-26(34(24)25)33-16-14-31(3)15-17-33/h6-7,9,11-13,20,22-24,29H,5,8,10,14-19H2,1-4H3/t22?,23-,24?/m0/s1. The Balaban J connectivity index is 1.40. The fourth-order valence-electron chi connectivity index (χ4n) is 5.86. The molecule has 5 rings (SSSR count). The number of allylic oxidation sites excluding steroid dienone is 2. The highest BCUT2D eigenvalue weighted by Crippen LogP contribution is 2.34. The van der Waals surface area contributed by atoms with Crippen molar-refractivity contribution in [1.82, 2.24) is 29.3 Å². The number of amidine groups is 1. The Bertz CT molecular complexity index is 1170. The van der Waals surface area contributed by atoms with E-state index >= 15 is 0 Å². The zero-order chi connectivity index (χ0) is 26.2. The molecule has 0 aromatic carbocycles. The van der Waals surface area contributed by atoms with Crippen molar-refractivity contribution in [3.8, 4) is 0 Å². The Morgan fingerprint density at radius 1 is 1.22 bits per heavy atom. The summed E-state index contributed by atoms with van der Waals surface area (Å²) in [6.45, 7) is 8.40. The smallest absolute Gasteiger partial charge is 0.214 e. The summed E-state index contributed by atoms with van der Waals surface area (Å²) in [5, 5.41) is -0.478. The number of rotatable bonds is 8. The molecule has 2 unspecified atom stereocenters. The third kappa shape index (κ3) is 5.48. The predicted molar refractivity (Wildman–Crippen MR) is 148 cm³/mol. The van der Waals surface area contributed by atoms with Crippen molar-refractivity contribution >= 4 is 15.9 Å². The molecule has 1 aliphatic carbocycles. The molecular weight excluding hydrogens is 486 g/mol. The summed E-state index contributed by atoms with van der Waals surface area (Å²) < 4.78 is 28.4. The SMILES string of the molecule is CC(C)S(=O)(=O)NCC1C(CN(C)[C@H]2CCCc3cccnc32)N=C2C=CC=C(N3CCN(C)CC3)N21. The van der Waals surface area contributed by atoms with Gasteiger partial charge in [-0.15, -0.1) is 0 Å². The lowest BCUT2D eigenvalue weighted by Crippen LogP contribution is -2.55. The molecular formula is C27H41N7O2S. The van der Waals surface area contributed by atoms with Crippen LogP contribution < -0.4 is 4.72 Å². The van der Waals surface area contributed by atoms with Crippen LogP contribution in [0.15, 0.2) is 47.4 Å². The number of hydrogen-bond acceptors (Lipinski definition) is 8. The van der Waals surface area contributed by atoms with Crippen LogP contribution in [0.4, 0.5) is 0 Å². The van der Waals surface area contributed by atoms with Crippen LogP contribution in [-0.4, -0.2) is 110 Å². The van der Waals surface area contributed by atoms with Crippen molar-refractivity contribution in [2.24, 2.45) is 4.99 Å². The Hall–Kier alpha value is -2.27. The number of aryl methyl sites for hydroxylation is 1. The monoisotopic (exact) mass is 527 g/mol. The van der Waals surface area contributed by atoms with Gasteiger partial charge in [0.15, 0.2) is 0 Å². The predicted octanol–water partition coefficient (Wildman–Crippen LogP) is 1.83. The van der Waals surface area contributed by atoms with Gasteiger partial charge in [0.1, 0.15) is 11.7 Å². The molecule has 0 bridgehead atoms. The lowest BCUT2D eigenvalue weighted by molar-refractivity contribution is 0.141. The van der Waals surface area contributed by atoms with Gasteiger partial charge in [-0.3, -0.25) is 14.9 Å². The lowest BCUT2D eigenvalue weighted by Gasteiger charge is -2.43. The number of aromatic nitrogens is 1. The molecule has 1 saturated heterocycles. The molecule has 1 N–H and O–H groups in total. The average molecular weight is 528 g/mol. The molecule has 202 valence electrons. The van der Waals surface area contributed by atoms with E-state index in [4.69, 9.17) is 9.98 Å². The minimum Gasteiger partial charge on any atom is -0.355 e. The van der Waals surface area contributed by atoms with Crippen molar-refractivity contribution in [2.45, 2.75) is 56.5 Å². The van der Waals surface area contributed by atoms with E-state index in [1.165, 1.54) is 11.3 Å². The highest BCUT2D eigenvalue weighted by Gasteiger charge is 2.41. The maximum Gasteiger partial charge on any atom is 0.214 e. The fourth-order valence-corrected chi connectivity index (χ4v) is 6.60. The number of piperazine rings is 1. The number of hydrogen-bond donors (Lipinski definition) is 1. The van der Waals surface area contributed by atoms with E-state index in [9.17, 15) is 8.42 Å². The Morgan fingerprint density at radius 3 is 2.76 bits per heavy atom. The minimum atomic E-state index is -3.39. The number of pyridine rings is 1. The van der Waals surface area contributed by atoms with E-state index in [2.05, 4.69) is 62.7 Å². The van der Waals surface area contributed by atoms with Crippen molar-refractivity contribution in [1.29, 1.82) is 0 Å². The molecule has 10 heteroatoms. The van der Waals surface area contributed by atoms with Gasteiger partial charge in [0.2, 0.25) is 10.0 Å². The Labute approximate surface area is 222 Å². The molecule has 1 aromatic heterocycles. The average Bonchev–Trinajstić information content (AvgIpc) is 3.24. The van der Waals surface area contributed by atoms with Crippen LogP contribution in [0.25, 0.3) is 0 Å². The molecule has 4 aliphatic rings. The van der Waals surface area contributed by atoms with E-state index in [1.54, 1.807) is 13.8 Å². The van der Waals surface area contributed by atoms with Gasteiger partial charge >= 0.3 is 0 Å². The van der Waals surface area contributed by atoms with E-state index in [0.29, 0.717) is 6.54 Å². The van der Waals surface area contributed by atoms with Crippen LogP contribution in [0.5, 0.6) is 0 Å². The number of sulfonamides is 1. The number of likely N-dealkylation sites (N-methyl/N-ethyl adjacent to an activating group) is 2. The summed E-state index contributed by atoms with van der Waals surface area (Å²) in [5.74, 6) is 2.05. The normalized spacial score (nSPS) is 26.4. The molecule has 4 heterocycles. The summed E-state index contributed by atoms with van der Waals surface area (Å²) in [6, 6.07) is 4.30. The van der Waals surface area contributed by atoms with E-state index in [-0.39, 0.29) is 18.1 Å². The molecule has 9 nitrogen and oxygen atoms in total. The van der Waals surface area contributed by atoms with E-state index in [0.717, 1.165) is 63.6 Å². The first kappa shape index (κ1) is 26.3. The summed E-state index contributed by atoms with van der Waals surface area (Å²) in [6.07, 6.45) is 11.5. The second-order valence-corrected chi connectivity index (χ2v) is 13.3. The number of fused-ring (bicyclic) bond motifs is 2. The molecule has 37 heavy (non-hydrogen) atoms. The summed E-state index contributed by atoms with van der Waals surface area (Å²) in [7, 11) is 0.922. The fraction of sp³-hybridized carbons (Fsp3) is 0.630. The van der Waals surface area contributed by atoms with Crippen LogP contribution in [0.2, 0.25) is 0 Å². The number of aliphatic imine (C=N–C) groups is 1. The first-order valence-electron chi connectivity index (χ1n) is 13.6. The molecule has 1 aromatic rings. The maximum absolute atomic E-state index is 12.7. The topological polar surface area (TPSA) is 84.4 Å². The molecule has 0 amide bonds. The second-order valence-electron chi connectivity index (χ2n) is 11.0. The van der Waals surface area contributed by atoms with Crippen molar-refractivity contribution in [3.05, 3.63) is 53.6 Å². The van der Waals surface area contributed by atoms with Crippen LogP contribution in [-0.2, 0) is 16.4 Å². The number of nitrogens with one attached hydrogen (secondary N) is 1. The molecule has 3 aliphatic heterocycles. The highest BCUT2D eigenvalue weighted by molar-refractivity contribution is 7.90. The third-order valence-electron chi connectivity index (χ3n) is 8.17. The first-order valence-corrected chi connectivity index (χ1v) is 15.1. The largest absolute Gasteiger partial charge is 0.355 e. The minimum absolute atomic E-state index is 0.0671. The zero-order valence-electron chi connectivity index (χ0n) is 22.5. The van der Waals surface area contributed by atoms with Gasteiger partial charge in [0, 0.05) is 45.5 Å². The summed E-state index contributed by atoms with van der Waals surface area (Å²) in [5.41, 5.74) is 2.51. The van der Waals surface area contributed by atoms with Crippen LogP contribution in [0, 0.1) is 0 Å². The number of nitrogens with zero attached hydrogens (tertiary/aromatic N) is 6. The van der Waals surface area contributed by atoms with Crippen molar-refractivity contribution in [2.75, 3.05) is 53.4 Å². The Morgan fingerprint density at radius 2 is 2.00 bits per heavy atom. The van der Waals surface area contributed by atoms with Gasteiger partial charge in [-0.1, -0.05) is 12.1 Å². The quantitative estimate of drug-likeness (QED) is 0.552. The summed E-state index contributed by atoms with van der Waals surface area (Å²) in [4.78, 5) is 19.3. The molecule has 3 atom stereocenters. The van der Waals surface area contributed by atoms with Crippen molar-refractivity contribution < 1.29 is 8.42 Å². The molecule has 0 spiro atoms. The van der Waals surface area contributed by atoms with Crippen molar-refractivity contribution in [3.63, 3.8) is 0 Å². The highest BCUT2D eigenvalue weighted by atomic mass is 32.2. The van der Waals surface area contributed by atoms with Gasteiger partial charge < -0.3 is 14.7 Å². The van der Waals surface area contributed by atoms with Crippen LogP contribution in [0.1, 0.15) is 44.0 Å². The maximum atomic E-state index is 12.7. The zero-order valence-corrected chi connectivity index (χ0v) is 23.4. The Kier molecular flexibility index (Phi) is 7.72. The summed E-state index contributed by atoms with van der Waals surface area (Å²) >= 11 is 0.